The minimum Gasteiger partial charge on any atom is -0.472 e. The number of amidine groups is 1. The van der Waals surface area contributed by atoms with E-state index < -0.39 is 16.0 Å². The van der Waals surface area contributed by atoms with E-state index in [1.165, 1.54) is 18.2 Å². The van der Waals surface area contributed by atoms with Gasteiger partial charge >= 0.3 is 0 Å². The van der Waals surface area contributed by atoms with Crippen LogP contribution in [0.4, 0.5) is 10.1 Å². The highest BCUT2D eigenvalue weighted by Gasteiger charge is 2.18. The molecule has 0 atom stereocenters. The minimum atomic E-state index is -3.84. The van der Waals surface area contributed by atoms with Crippen molar-refractivity contribution in [3.05, 3.63) is 35.3 Å². The van der Waals surface area contributed by atoms with Crippen molar-refractivity contribution in [3.63, 3.8) is 0 Å². The molecular weight excluding hydrogens is 359 g/mol. The van der Waals surface area contributed by atoms with E-state index in [0.29, 0.717) is 11.3 Å². The monoisotopic (exact) mass is 374 g/mol. The van der Waals surface area contributed by atoms with Crippen molar-refractivity contribution >= 4 is 21.7 Å². The Balaban J connectivity index is 2.14. The summed E-state index contributed by atoms with van der Waals surface area (Å²) in [5.41, 5.74) is 2.45. The Morgan fingerprint density at radius 2 is 2.24 bits per heavy atom. The third-order valence-electron chi connectivity index (χ3n) is 2.82. The molecule has 1 aromatic heterocycles. The van der Waals surface area contributed by atoms with Gasteiger partial charge in [-0.25, -0.2) is 19.2 Å². The molecule has 0 unspecified atom stereocenters. The predicted molar refractivity (Wildman–Crippen MR) is 83.2 cm³/mol. The zero-order valence-corrected chi connectivity index (χ0v) is 13.7. The summed E-state index contributed by atoms with van der Waals surface area (Å²) >= 11 is 0. The molecule has 0 saturated heterocycles. The summed E-state index contributed by atoms with van der Waals surface area (Å²) in [6, 6.07) is 4.07. The fourth-order valence-electron chi connectivity index (χ4n) is 1.71. The van der Waals surface area contributed by atoms with Gasteiger partial charge in [0, 0.05) is 6.54 Å². The zero-order valence-electron chi connectivity index (χ0n) is 12.9. The quantitative estimate of drug-likeness (QED) is 0.223. The summed E-state index contributed by atoms with van der Waals surface area (Å²) in [5, 5.41) is 21.1. The van der Waals surface area contributed by atoms with E-state index in [4.69, 9.17) is 9.88 Å². The number of hydrogen-bond donors (Lipinski definition) is 4. The first-order valence-electron chi connectivity index (χ1n) is 6.78. The molecule has 0 aliphatic rings. The standard InChI is InChI=1S/C12H15FN6O5S/c1-7-6-8(2-3-9(7)13)16-11(17-20)10-12(19-24-18-10)23-5-4-15-25(14,21)22/h2-3,6,15,20H,4-5H2,1H3,(H,16,17)(H2,14,21,22). The fourth-order valence-corrected chi connectivity index (χ4v) is 2.08. The Morgan fingerprint density at radius 3 is 2.88 bits per heavy atom. The molecule has 11 nitrogen and oxygen atoms in total. The third kappa shape index (κ3) is 5.46. The lowest BCUT2D eigenvalue weighted by Gasteiger charge is -2.06. The maximum Gasteiger partial charge on any atom is 0.287 e. The number of nitrogens with zero attached hydrogens (tertiary/aromatic N) is 3. The number of hydrogen-bond acceptors (Lipinski definition) is 8. The molecular formula is C12H15FN6O5S. The number of ether oxygens (including phenoxy) is 1. The van der Waals surface area contributed by atoms with Crippen LogP contribution in [-0.2, 0) is 10.2 Å². The molecule has 0 aliphatic carbocycles. The topological polar surface area (TPSA) is 165 Å². The smallest absolute Gasteiger partial charge is 0.287 e. The molecule has 2 rings (SSSR count). The number of nitrogens with two attached hydrogens (primary N) is 1. The highest BCUT2D eigenvalue weighted by Crippen LogP contribution is 2.19. The lowest BCUT2D eigenvalue weighted by Crippen LogP contribution is -2.34. The van der Waals surface area contributed by atoms with Crippen LogP contribution in [0.2, 0.25) is 0 Å². The van der Waals surface area contributed by atoms with Gasteiger partial charge in [-0.05, 0) is 41.0 Å². The van der Waals surface area contributed by atoms with Gasteiger partial charge in [0.05, 0.1) is 5.69 Å². The van der Waals surface area contributed by atoms with E-state index in [-0.39, 0.29) is 30.6 Å². The molecule has 1 aromatic carbocycles. The normalized spacial score (nSPS) is 12.2. The van der Waals surface area contributed by atoms with Gasteiger partial charge in [-0.3, -0.25) is 10.7 Å². The predicted octanol–water partition coefficient (Wildman–Crippen LogP) is -0.254. The van der Waals surface area contributed by atoms with Crippen molar-refractivity contribution in [3.8, 4) is 5.88 Å². The van der Waals surface area contributed by atoms with Gasteiger partial charge in [0.1, 0.15) is 12.4 Å². The molecule has 136 valence electrons. The SMILES string of the molecule is Cc1cc(N=C(NO)c2nonc2OCCNS(N)(=O)=O)ccc1F. The van der Waals surface area contributed by atoms with Crippen LogP contribution in [-0.4, -0.2) is 42.9 Å². The Hall–Kier alpha value is -2.61. The summed E-state index contributed by atoms with van der Waals surface area (Å²) < 4.78 is 46.5. The molecule has 2 aromatic rings. The highest BCUT2D eigenvalue weighted by atomic mass is 32.2. The fraction of sp³-hybridized carbons (Fsp3) is 0.250. The van der Waals surface area contributed by atoms with Crippen LogP contribution < -0.4 is 20.1 Å². The first-order chi connectivity index (χ1) is 11.8. The van der Waals surface area contributed by atoms with Crippen molar-refractivity contribution in [2.75, 3.05) is 13.2 Å². The molecule has 1 heterocycles. The van der Waals surface area contributed by atoms with Crippen molar-refractivity contribution in [2.24, 2.45) is 10.1 Å². The lowest BCUT2D eigenvalue weighted by atomic mass is 10.2. The van der Waals surface area contributed by atoms with Crippen molar-refractivity contribution < 1.29 is 27.4 Å². The summed E-state index contributed by atoms with van der Waals surface area (Å²) in [6.07, 6.45) is 0. The molecule has 0 aliphatic heterocycles. The van der Waals surface area contributed by atoms with E-state index in [2.05, 4.69) is 19.9 Å². The first kappa shape index (κ1) is 18.7. The van der Waals surface area contributed by atoms with Crippen LogP contribution >= 0.6 is 0 Å². The Labute approximate surface area is 141 Å². The second-order valence-corrected chi connectivity index (χ2v) is 6.09. The number of rotatable bonds is 7. The van der Waals surface area contributed by atoms with Gasteiger partial charge < -0.3 is 4.74 Å². The molecule has 13 heteroatoms. The second kappa shape index (κ2) is 7.98. The van der Waals surface area contributed by atoms with Gasteiger partial charge in [-0.2, -0.15) is 13.1 Å². The third-order valence-corrected chi connectivity index (χ3v) is 3.42. The van der Waals surface area contributed by atoms with E-state index in [1.807, 2.05) is 10.2 Å². The maximum absolute atomic E-state index is 13.3. The van der Waals surface area contributed by atoms with Gasteiger partial charge in [-0.15, -0.1) is 0 Å². The van der Waals surface area contributed by atoms with Crippen LogP contribution in [0, 0.1) is 12.7 Å². The van der Waals surface area contributed by atoms with Crippen LogP contribution in [0.1, 0.15) is 11.3 Å². The minimum absolute atomic E-state index is 0.0694. The lowest BCUT2D eigenvalue weighted by molar-refractivity contribution is 0.233. The second-order valence-electron chi connectivity index (χ2n) is 4.71. The molecule has 0 fully saturated rings. The van der Waals surface area contributed by atoms with E-state index in [9.17, 15) is 18.0 Å². The van der Waals surface area contributed by atoms with E-state index in [0.717, 1.165) is 0 Å². The molecule has 0 amide bonds. The number of hydroxylamine groups is 1. The van der Waals surface area contributed by atoms with Crippen molar-refractivity contribution in [1.29, 1.82) is 0 Å². The molecule has 0 saturated carbocycles. The number of halogens is 1. The van der Waals surface area contributed by atoms with E-state index >= 15 is 0 Å². The van der Waals surface area contributed by atoms with E-state index in [1.54, 1.807) is 6.92 Å². The van der Waals surface area contributed by atoms with Crippen LogP contribution in [0.15, 0.2) is 27.8 Å². The summed E-state index contributed by atoms with van der Waals surface area (Å²) in [4.78, 5) is 4.06. The summed E-state index contributed by atoms with van der Waals surface area (Å²) in [7, 11) is -3.84. The van der Waals surface area contributed by atoms with Crippen LogP contribution in [0.25, 0.3) is 0 Å². The first-order valence-corrected chi connectivity index (χ1v) is 8.33. The van der Waals surface area contributed by atoms with Gasteiger partial charge in [0.25, 0.3) is 16.1 Å². The Bertz CT molecular complexity index is 869. The molecule has 25 heavy (non-hydrogen) atoms. The van der Waals surface area contributed by atoms with Gasteiger partial charge in [-0.1, -0.05) is 0 Å². The van der Waals surface area contributed by atoms with Crippen LogP contribution in [0.3, 0.4) is 0 Å². The molecule has 0 spiro atoms. The summed E-state index contributed by atoms with van der Waals surface area (Å²) in [6.45, 7) is 1.30. The zero-order chi connectivity index (χ0) is 18.4. The van der Waals surface area contributed by atoms with Crippen LogP contribution in [0.5, 0.6) is 5.88 Å². The number of benzene rings is 1. The maximum atomic E-state index is 13.3. The number of nitrogens with one attached hydrogen (secondary N) is 2. The van der Waals surface area contributed by atoms with Crippen molar-refractivity contribution in [2.45, 2.75) is 6.92 Å². The number of aliphatic imine (C=N–C) groups is 1. The average Bonchev–Trinajstić information content (AvgIpc) is 3.00. The molecule has 0 radical (unpaired) electrons. The Kier molecular flexibility index (Phi) is 5.97. The van der Waals surface area contributed by atoms with Gasteiger partial charge in [0.2, 0.25) is 5.69 Å². The average molecular weight is 374 g/mol. The molecule has 0 bridgehead atoms. The van der Waals surface area contributed by atoms with Gasteiger partial charge in [0.15, 0.2) is 5.84 Å². The Morgan fingerprint density at radius 1 is 1.48 bits per heavy atom. The molecule has 5 N–H and O–H groups in total. The van der Waals surface area contributed by atoms with Crippen molar-refractivity contribution in [1.82, 2.24) is 20.5 Å². The number of aryl methyl sites for hydroxylation is 1. The largest absolute Gasteiger partial charge is 0.472 e. The number of aromatic nitrogens is 2. The summed E-state index contributed by atoms with van der Waals surface area (Å²) in [5.74, 6) is -0.705. The highest BCUT2D eigenvalue weighted by molar-refractivity contribution is 7.87.